The highest BCUT2D eigenvalue weighted by Crippen LogP contribution is 2.11. The Bertz CT molecular complexity index is 495. The minimum atomic E-state index is -0.691. The van der Waals surface area contributed by atoms with Crippen LogP contribution in [0.1, 0.15) is 23.2 Å². The first kappa shape index (κ1) is 12.1. The van der Waals surface area contributed by atoms with Crippen molar-refractivity contribution in [2.24, 2.45) is 0 Å². The van der Waals surface area contributed by atoms with E-state index in [1.54, 1.807) is 0 Å². The van der Waals surface area contributed by atoms with E-state index in [2.05, 4.69) is 10.6 Å². The first-order valence-corrected chi connectivity index (χ1v) is 5.50. The van der Waals surface area contributed by atoms with Crippen molar-refractivity contribution in [1.82, 2.24) is 10.6 Å². The van der Waals surface area contributed by atoms with E-state index in [0.717, 1.165) is 0 Å². The molecule has 3 N–H and O–H groups in total. The second-order valence-electron chi connectivity index (χ2n) is 4.02. The van der Waals surface area contributed by atoms with Crippen LogP contribution in [0.4, 0.5) is 0 Å². The molecule has 2 rings (SSSR count). The van der Waals surface area contributed by atoms with Crippen molar-refractivity contribution in [1.29, 1.82) is 0 Å². The number of benzene rings is 1. The zero-order valence-electron chi connectivity index (χ0n) is 9.47. The smallest absolute Gasteiger partial charge is 0.251 e. The van der Waals surface area contributed by atoms with Crippen molar-refractivity contribution in [3.05, 3.63) is 29.8 Å². The Kier molecular flexibility index (Phi) is 3.27. The second kappa shape index (κ2) is 4.87. The van der Waals surface area contributed by atoms with Crippen LogP contribution in [0.3, 0.4) is 0 Å². The number of nitrogens with one attached hydrogen (secondary N) is 2. The van der Waals surface area contributed by atoms with Crippen molar-refractivity contribution < 1.29 is 19.5 Å². The Morgan fingerprint density at radius 2 is 1.94 bits per heavy atom. The highest BCUT2D eigenvalue weighted by Gasteiger charge is 2.27. The number of hydrogen-bond acceptors (Lipinski definition) is 4. The van der Waals surface area contributed by atoms with Gasteiger partial charge in [0.25, 0.3) is 5.91 Å². The van der Waals surface area contributed by atoms with Gasteiger partial charge < -0.3 is 10.4 Å². The van der Waals surface area contributed by atoms with Gasteiger partial charge in [-0.2, -0.15) is 0 Å². The topological polar surface area (TPSA) is 95.5 Å². The van der Waals surface area contributed by atoms with E-state index in [1.807, 2.05) is 0 Å². The molecular weight excluding hydrogens is 236 g/mol. The van der Waals surface area contributed by atoms with Gasteiger partial charge in [0.05, 0.1) is 0 Å². The Morgan fingerprint density at radius 1 is 1.28 bits per heavy atom. The number of aromatic hydroxyl groups is 1. The fourth-order valence-electron chi connectivity index (χ4n) is 1.69. The molecule has 1 unspecified atom stereocenters. The molecule has 0 radical (unpaired) electrons. The number of carbonyl (C=O) groups is 3. The average Bonchev–Trinajstić information content (AvgIpc) is 2.33. The van der Waals surface area contributed by atoms with E-state index in [1.165, 1.54) is 24.3 Å². The SMILES string of the molecule is O=C1CCC(NC(=O)c2ccc(O)cc2)C(=O)N1. The molecule has 1 aromatic rings. The highest BCUT2D eigenvalue weighted by atomic mass is 16.3. The van der Waals surface area contributed by atoms with E-state index < -0.39 is 17.9 Å². The number of piperidine rings is 1. The Morgan fingerprint density at radius 3 is 2.56 bits per heavy atom. The van der Waals surface area contributed by atoms with Crippen molar-refractivity contribution in [2.75, 3.05) is 0 Å². The van der Waals surface area contributed by atoms with Gasteiger partial charge in [0.2, 0.25) is 11.8 Å². The van der Waals surface area contributed by atoms with Gasteiger partial charge in [-0.3, -0.25) is 19.7 Å². The standard InChI is InChI=1S/C12H12N2O4/c15-8-3-1-7(2-4-8)11(17)13-9-5-6-10(16)14-12(9)18/h1-4,9,15H,5-6H2,(H,13,17)(H,14,16,18). The molecule has 3 amide bonds. The van der Waals surface area contributed by atoms with Crippen LogP contribution >= 0.6 is 0 Å². The van der Waals surface area contributed by atoms with Gasteiger partial charge in [-0.25, -0.2) is 0 Å². The molecule has 1 atom stereocenters. The quantitative estimate of drug-likeness (QED) is 0.638. The predicted octanol–water partition coefficient (Wildman–Crippen LogP) is -0.0728. The van der Waals surface area contributed by atoms with Crippen LogP contribution in [0, 0.1) is 0 Å². The first-order chi connectivity index (χ1) is 8.56. The number of amides is 3. The lowest BCUT2D eigenvalue weighted by molar-refractivity contribution is -0.134. The zero-order chi connectivity index (χ0) is 13.1. The lowest BCUT2D eigenvalue weighted by Crippen LogP contribution is -2.52. The summed E-state index contributed by atoms with van der Waals surface area (Å²) in [5, 5.41) is 13.8. The number of carbonyl (C=O) groups excluding carboxylic acids is 3. The summed E-state index contributed by atoms with van der Waals surface area (Å²) in [4.78, 5) is 34.2. The highest BCUT2D eigenvalue weighted by molar-refractivity contribution is 6.03. The molecule has 0 spiro atoms. The number of imide groups is 1. The molecule has 1 aliphatic heterocycles. The normalized spacial score (nSPS) is 19.2. The summed E-state index contributed by atoms with van der Waals surface area (Å²) in [6, 6.07) is 5.00. The summed E-state index contributed by atoms with van der Waals surface area (Å²) >= 11 is 0. The molecule has 1 aromatic carbocycles. The van der Waals surface area contributed by atoms with Crippen molar-refractivity contribution in [3.63, 3.8) is 0 Å². The van der Waals surface area contributed by atoms with Gasteiger partial charge >= 0.3 is 0 Å². The predicted molar refractivity (Wildman–Crippen MR) is 61.7 cm³/mol. The summed E-state index contributed by atoms with van der Waals surface area (Å²) in [6.07, 6.45) is 0.515. The van der Waals surface area contributed by atoms with E-state index in [-0.39, 0.29) is 18.1 Å². The van der Waals surface area contributed by atoms with E-state index in [4.69, 9.17) is 5.11 Å². The molecule has 1 aliphatic rings. The zero-order valence-corrected chi connectivity index (χ0v) is 9.47. The maximum Gasteiger partial charge on any atom is 0.251 e. The number of rotatable bonds is 2. The molecule has 94 valence electrons. The lowest BCUT2D eigenvalue weighted by atomic mass is 10.1. The third kappa shape index (κ3) is 2.65. The Hall–Kier alpha value is -2.37. The lowest BCUT2D eigenvalue weighted by Gasteiger charge is -2.21. The third-order valence-corrected chi connectivity index (χ3v) is 2.67. The van der Waals surface area contributed by atoms with Crippen LogP contribution in [0.15, 0.2) is 24.3 Å². The number of phenolic OH excluding ortho intramolecular Hbond substituents is 1. The van der Waals surface area contributed by atoms with E-state index in [0.29, 0.717) is 12.0 Å². The van der Waals surface area contributed by atoms with Crippen LogP contribution in [0.5, 0.6) is 5.75 Å². The van der Waals surface area contributed by atoms with Crippen LogP contribution in [0.25, 0.3) is 0 Å². The molecule has 18 heavy (non-hydrogen) atoms. The Balaban J connectivity index is 2.01. The van der Waals surface area contributed by atoms with E-state index >= 15 is 0 Å². The molecule has 6 nitrogen and oxygen atoms in total. The minimum Gasteiger partial charge on any atom is -0.508 e. The van der Waals surface area contributed by atoms with Gasteiger partial charge in [0, 0.05) is 12.0 Å². The monoisotopic (exact) mass is 248 g/mol. The summed E-state index contributed by atoms with van der Waals surface area (Å²) in [5.41, 5.74) is 0.345. The van der Waals surface area contributed by atoms with Gasteiger partial charge in [0.15, 0.2) is 0 Å². The molecule has 0 saturated carbocycles. The van der Waals surface area contributed by atoms with E-state index in [9.17, 15) is 14.4 Å². The number of hydrogen-bond donors (Lipinski definition) is 3. The van der Waals surface area contributed by atoms with Crippen LogP contribution in [-0.4, -0.2) is 28.9 Å². The summed E-state index contributed by atoms with van der Waals surface area (Å²) in [6.45, 7) is 0. The molecule has 0 aliphatic carbocycles. The molecule has 1 fully saturated rings. The second-order valence-corrected chi connectivity index (χ2v) is 4.02. The molecule has 0 bridgehead atoms. The van der Waals surface area contributed by atoms with Crippen molar-refractivity contribution in [3.8, 4) is 5.75 Å². The fourth-order valence-corrected chi connectivity index (χ4v) is 1.69. The maximum absolute atomic E-state index is 11.8. The fraction of sp³-hybridized carbons (Fsp3) is 0.250. The molecule has 6 heteroatoms. The van der Waals surface area contributed by atoms with Gasteiger partial charge in [-0.1, -0.05) is 0 Å². The molecular formula is C12H12N2O4. The minimum absolute atomic E-state index is 0.0626. The maximum atomic E-state index is 11.8. The summed E-state index contributed by atoms with van der Waals surface area (Å²) in [5.74, 6) is -1.16. The summed E-state index contributed by atoms with van der Waals surface area (Å²) < 4.78 is 0. The molecule has 1 saturated heterocycles. The average molecular weight is 248 g/mol. The van der Waals surface area contributed by atoms with Crippen LogP contribution < -0.4 is 10.6 Å². The van der Waals surface area contributed by atoms with Crippen LogP contribution in [-0.2, 0) is 9.59 Å². The van der Waals surface area contributed by atoms with Gasteiger partial charge in [-0.15, -0.1) is 0 Å². The summed E-state index contributed by atoms with van der Waals surface area (Å²) in [7, 11) is 0. The first-order valence-electron chi connectivity index (χ1n) is 5.50. The largest absolute Gasteiger partial charge is 0.508 e. The van der Waals surface area contributed by atoms with Crippen molar-refractivity contribution >= 4 is 17.7 Å². The Labute approximate surface area is 103 Å². The third-order valence-electron chi connectivity index (χ3n) is 2.67. The molecule has 1 heterocycles. The van der Waals surface area contributed by atoms with Crippen molar-refractivity contribution in [2.45, 2.75) is 18.9 Å². The molecule has 0 aromatic heterocycles. The van der Waals surface area contributed by atoms with Gasteiger partial charge in [-0.05, 0) is 30.7 Å². The number of phenols is 1. The van der Waals surface area contributed by atoms with Crippen LogP contribution in [0.2, 0.25) is 0 Å². The van der Waals surface area contributed by atoms with Gasteiger partial charge in [0.1, 0.15) is 11.8 Å².